The van der Waals surface area contributed by atoms with Crippen molar-refractivity contribution in [3.05, 3.63) is 200 Å². The predicted molar refractivity (Wildman–Crippen MR) is 235 cm³/mol. The van der Waals surface area contributed by atoms with Gasteiger partial charge in [-0.1, -0.05) is 127 Å². The summed E-state index contributed by atoms with van der Waals surface area (Å²) in [5.74, 6) is 0. The topological polar surface area (TPSA) is 16.4 Å². The molecule has 2 nitrogen and oxygen atoms in total. The van der Waals surface area contributed by atoms with E-state index < -0.39 is 0 Å². The van der Waals surface area contributed by atoms with Gasteiger partial charge in [-0.25, -0.2) is 0 Å². The lowest BCUT2D eigenvalue weighted by molar-refractivity contribution is 0.669. The van der Waals surface area contributed by atoms with Crippen LogP contribution in [0.4, 0.5) is 17.1 Å². The van der Waals surface area contributed by atoms with E-state index in [4.69, 9.17) is 4.42 Å². The number of benzene rings is 9. The summed E-state index contributed by atoms with van der Waals surface area (Å²) in [7, 11) is 0. The van der Waals surface area contributed by atoms with Crippen molar-refractivity contribution in [1.29, 1.82) is 0 Å². The summed E-state index contributed by atoms with van der Waals surface area (Å²) in [6.07, 6.45) is 0. The molecule has 0 amide bonds. The molecule has 9 aromatic carbocycles. The molecule has 11 rings (SSSR count). The first-order valence-electron chi connectivity index (χ1n) is 18.6. The number of nitrogens with zero attached hydrogens (tertiary/aromatic N) is 1. The van der Waals surface area contributed by atoms with Crippen molar-refractivity contribution in [1.82, 2.24) is 0 Å². The average molecular weight is 720 g/mol. The molecular weight excluding hydrogens is 687 g/mol. The number of fused-ring (bicyclic) bond motifs is 7. The fourth-order valence-electron chi connectivity index (χ4n) is 8.08. The largest absolute Gasteiger partial charge is 0.456 e. The molecule has 0 N–H and O–H groups in total. The molecular formula is C52H33NOS. The highest BCUT2D eigenvalue weighted by Crippen LogP contribution is 2.43. The van der Waals surface area contributed by atoms with E-state index in [2.05, 4.69) is 193 Å². The summed E-state index contributed by atoms with van der Waals surface area (Å²) in [5.41, 5.74) is 12.3. The highest BCUT2D eigenvalue weighted by atomic mass is 32.1. The summed E-state index contributed by atoms with van der Waals surface area (Å²) in [5, 5.41) is 7.34. The smallest absolute Gasteiger partial charge is 0.135 e. The van der Waals surface area contributed by atoms with E-state index in [1.165, 1.54) is 64.3 Å². The highest BCUT2D eigenvalue weighted by Gasteiger charge is 2.17. The van der Waals surface area contributed by atoms with Crippen LogP contribution in [0.2, 0.25) is 0 Å². The Kier molecular flexibility index (Phi) is 7.39. The van der Waals surface area contributed by atoms with Gasteiger partial charge < -0.3 is 9.32 Å². The number of para-hydroxylation sites is 1. The SMILES string of the molecule is c1cc(-c2ccc(N(c3ccc4c(c3)sc3ccccc34)c3ccc4oc5ccccc5c4c3)cc2)cc(-c2cccc(-c3ccc4ccccc4c3)c2)c1. The van der Waals surface area contributed by atoms with Gasteiger partial charge >= 0.3 is 0 Å². The second-order valence-corrected chi connectivity index (χ2v) is 15.2. The Morgan fingerprint density at radius 3 is 1.67 bits per heavy atom. The molecule has 0 fully saturated rings. The number of thiophene rings is 1. The second kappa shape index (κ2) is 12.9. The Morgan fingerprint density at radius 1 is 0.309 bits per heavy atom. The molecule has 0 aliphatic rings. The number of hydrogen-bond donors (Lipinski definition) is 0. The van der Waals surface area contributed by atoms with Gasteiger partial charge in [-0.2, -0.15) is 0 Å². The summed E-state index contributed by atoms with van der Waals surface area (Å²) in [4.78, 5) is 2.36. The van der Waals surface area contributed by atoms with Crippen LogP contribution < -0.4 is 4.90 Å². The average Bonchev–Trinajstić information content (AvgIpc) is 3.82. The predicted octanol–water partition coefficient (Wildman–Crippen LogP) is 15.6. The molecule has 258 valence electrons. The van der Waals surface area contributed by atoms with Crippen LogP contribution in [0.15, 0.2) is 205 Å². The van der Waals surface area contributed by atoms with Gasteiger partial charge in [0.15, 0.2) is 0 Å². The second-order valence-electron chi connectivity index (χ2n) is 14.2. The third-order valence-electron chi connectivity index (χ3n) is 10.8. The van der Waals surface area contributed by atoms with Crippen molar-refractivity contribution in [3.63, 3.8) is 0 Å². The van der Waals surface area contributed by atoms with E-state index in [0.717, 1.165) is 39.0 Å². The molecule has 0 unspecified atom stereocenters. The Hall–Kier alpha value is -6.94. The minimum Gasteiger partial charge on any atom is -0.456 e. The van der Waals surface area contributed by atoms with E-state index in [1.54, 1.807) is 0 Å². The van der Waals surface area contributed by atoms with Crippen LogP contribution in [-0.4, -0.2) is 0 Å². The van der Waals surface area contributed by atoms with Crippen molar-refractivity contribution < 1.29 is 4.42 Å². The molecule has 0 aliphatic heterocycles. The molecule has 11 aromatic rings. The summed E-state index contributed by atoms with van der Waals surface area (Å²) in [6.45, 7) is 0. The number of hydrogen-bond acceptors (Lipinski definition) is 3. The summed E-state index contributed by atoms with van der Waals surface area (Å²) < 4.78 is 8.80. The Bertz CT molecular complexity index is 3220. The lowest BCUT2D eigenvalue weighted by Crippen LogP contribution is -2.09. The first-order valence-corrected chi connectivity index (χ1v) is 19.5. The van der Waals surface area contributed by atoms with E-state index in [-0.39, 0.29) is 0 Å². The van der Waals surface area contributed by atoms with Gasteiger partial charge in [0.25, 0.3) is 0 Å². The molecule has 0 aliphatic carbocycles. The van der Waals surface area contributed by atoms with Crippen molar-refractivity contribution >= 4 is 81.3 Å². The molecule has 0 saturated carbocycles. The fourth-order valence-corrected chi connectivity index (χ4v) is 9.22. The zero-order chi connectivity index (χ0) is 36.3. The first-order chi connectivity index (χ1) is 27.2. The minimum absolute atomic E-state index is 0.892. The zero-order valence-electron chi connectivity index (χ0n) is 29.8. The Labute approximate surface area is 322 Å². The fraction of sp³-hybridized carbons (Fsp3) is 0. The number of rotatable bonds is 6. The maximum absolute atomic E-state index is 6.22. The first kappa shape index (κ1) is 31.6. The van der Waals surface area contributed by atoms with E-state index in [0.29, 0.717) is 0 Å². The molecule has 0 atom stereocenters. The van der Waals surface area contributed by atoms with Crippen molar-refractivity contribution in [2.24, 2.45) is 0 Å². The van der Waals surface area contributed by atoms with Crippen LogP contribution >= 0.6 is 11.3 Å². The van der Waals surface area contributed by atoms with Gasteiger partial charge in [0.2, 0.25) is 0 Å². The van der Waals surface area contributed by atoms with Gasteiger partial charge in [-0.05, 0) is 117 Å². The maximum atomic E-state index is 6.22. The lowest BCUT2D eigenvalue weighted by atomic mass is 9.95. The Balaban J connectivity index is 0.974. The molecule has 0 bridgehead atoms. The molecule has 0 saturated heterocycles. The standard InChI is InChI=1S/C52H33NOS/c1-2-10-36-30-41(20-19-34(36)9-1)40-14-8-13-39(31-40)38-12-7-11-37(29-38)35-21-23-42(24-22-35)53(43-26-28-50-48(32-43)45-15-3-5-17-49(45)54-50)44-25-27-47-46-16-4-6-18-51(46)55-52(47)33-44/h1-33H. The molecule has 55 heavy (non-hydrogen) atoms. The van der Waals surface area contributed by atoms with E-state index in [1.807, 2.05) is 23.5 Å². The van der Waals surface area contributed by atoms with Crippen LogP contribution in [0, 0.1) is 0 Å². The quantitative estimate of drug-likeness (QED) is 0.170. The van der Waals surface area contributed by atoms with Crippen LogP contribution in [0.5, 0.6) is 0 Å². The lowest BCUT2D eigenvalue weighted by Gasteiger charge is -2.26. The van der Waals surface area contributed by atoms with Gasteiger partial charge in [0.1, 0.15) is 11.2 Å². The van der Waals surface area contributed by atoms with Crippen molar-refractivity contribution in [3.8, 4) is 33.4 Å². The number of anilines is 3. The van der Waals surface area contributed by atoms with Crippen LogP contribution in [0.1, 0.15) is 0 Å². The van der Waals surface area contributed by atoms with Crippen LogP contribution in [0.25, 0.3) is 86.3 Å². The normalized spacial score (nSPS) is 11.6. The molecule has 0 spiro atoms. The van der Waals surface area contributed by atoms with Crippen molar-refractivity contribution in [2.75, 3.05) is 4.90 Å². The Morgan fingerprint density at radius 2 is 0.873 bits per heavy atom. The minimum atomic E-state index is 0.892. The maximum Gasteiger partial charge on any atom is 0.135 e. The van der Waals surface area contributed by atoms with Crippen molar-refractivity contribution in [2.45, 2.75) is 0 Å². The van der Waals surface area contributed by atoms with Gasteiger partial charge in [0.05, 0.1) is 0 Å². The van der Waals surface area contributed by atoms with Gasteiger partial charge in [-0.3, -0.25) is 0 Å². The third kappa shape index (κ3) is 5.56. The van der Waals surface area contributed by atoms with E-state index in [9.17, 15) is 0 Å². The van der Waals surface area contributed by atoms with Gasteiger partial charge in [0, 0.05) is 48.0 Å². The molecule has 2 heterocycles. The molecule has 0 radical (unpaired) electrons. The van der Waals surface area contributed by atoms with Crippen LogP contribution in [0.3, 0.4) is 0 Å². The monoisotopic (exact) mass is 719 g/mol. The zero-order valence-corrected chi connectivity index (χ0v) is 30.6. The molecule has 2 aromatic heterocycles. The molecule has 3 heteroatoms. The van der Waals surface area contributed by atoms with Gasteiger partial charge in [-0.15, -0.1) is 11.3 Å². The van der Waals surface area contributed by atoms with E-state index >= 15 is 0 Å². The highest BCUT2D eigenvalue weighted by molar-refractivity contribution is 7.25. The summed E-state index contributed by atoms with van der Waals surface area (Å²) in [6, 6.07) is 72.4. The summed E-state index contributed by atoms with van der Waals surface area (Å²) >= 11 is 1.85. The number of furan rings is 1. The van der Waals surface area contributed by atoms with Crippen LogP contribution in [-0.2, 0) is 0 Å². The third-order valence-corrected chi connectivity index (χ3v) is 12.0.